The Balaban J connectivity index is 2.28. The number of nitrogens with two attached hydrogens (primary N) is 1. The van der Waals surface area contributed by atoms with Crippen LogP contribution in [0.2, 0.25) is 0 Å². The molecule has 0 aromatic rings. The summed E-state index contributed by atoms with van der Waals surface area (Å²) >= 11 is 0. The highest BCUT2D eigenvalue weighted by Gasteiger charge is 2.20. The second-order valence-electron chi connectivity index (χ2n) is 4.79. The first kappa shape index (κ1) is 12.5. The Morgan fingerprint density at radius 2 is 1.73 bits per heavy atom. The molecule has 0 aliphatic carbocycles. The van der Waals surface area contributed by atoms with Gasteiger partial charge in [0.15, 0.2) is 0 Å². The Bertz CT molecular complexity index is 207. The van der Waals surface area contributed by atoms with Gasteiger partial charge >= 0.3 is 0 Å². The fourth-order valence-corrected chi connectivity index (χ4v) is 1.95. The van der Waals surface area contributed by atoms with Crippen molar-refractivity contribution >= 4 is 5.84 Å². The van der Waals surface area contributed by atoms with Gasteiger partial charge in [0.05, 0.1) is 5.84 Å². The van der Waals surface area contributed by atoms with Gasteiger partial charge in [-0.3, -0.25) is 10.3 Å². The second kappa shape index (κ2) is 5.47. The van der Waals surface area contributed by atoms with Crippen molar-refractivity contribution in [2.45, 2.75) is 26.8 Å². The molecule has 1 rings (SSSR count). The highest BCUT2D eigenvalue weighted by molar-refractivity contribution is 5.79. The molecule has 1 fully saturated rings. The van der Waals surface area contributed by atoms with E-state index >= 15 is 0 Å². The summed E-state index contributed by atoms with van der Waals surface area (Å²) in [6.07, 6.45) is 0. The smallest absolute Gasteiger partial charge is 0.0947 e. The third-order valence-electron chi connectivity index (χ3n) is 3.20. The molecule has 4 nitrogen and oxygen atoms in total. The molecule has 0 aromatic carbocycles. The summed E-state index contributed by atoms with van der Waals surface area (Å²) in [4.78, 5) is 4.90. The van der Waals surface area contributed by atoms with Gasteiger partial charge in [0, 0.05) is 44.7 Å². The zero-order valence-corrected chi connectivity index (χ0v) is 10.2. The minimum absolute atomic E-state index is 0.190. The monoisotopic (exact) mass is 212 g/mol. The fraction of sp³-hybridized carbons (Fsp3) is 0.909. The molecule has 0 amide bonds. The maximum atomic E-state index is 7.37. The number of nitrogens with one attached hydrogen (secondary N) is 1. The van der Waals surface area contributed by atoms with Gasteiger partial charge in [0.2, 0.25) is 0 Å². The van der Waals surface area contributed by atoms with Crippen molar-refractivity contribution in [2.75, 3.05) is 32.7 Å². The van der Waals surface area contributed by atoms with Crippen molar-refractivity contribution in [3.63, 3.8) is 0 Å². The Labute approximate surface area is 92.9 Å². The predicted octanol–water partition coefficient (Wildman–Crippen LogP) is 0.584. The summed E-state index contributed by atoms with van der Waals surface area (Å²) in [5.41, 5.74) is 5.47. The molecule has 1 atom stereocenters. The lowest BCUT2D eigenvalue weighted by Gasteiger charge is -2.37. The van der Waals surface area contributed by atoms with E-state index in [0.717, 1.165) is 32.7 Å². The number of rotatable bonds is 4. The number of nitrogens with zero attached hydrogens (tertiary/aromatic N) is 2. The van der Waals surface area contributed by atoms with Crippen LogP contribution in [-0.4, -0.2) is 54.4 Å². The van der Waals surface area contributed by atoms with Crippen LogP contribution in [0.4, 0.5) is 0 Å². The average molecular weight is 212 g/mol. The van der Waals surface area contributed by atoms with Gasteiger partial charge in [0.25, 0.3) is 0 Å². The first-order chi connectivity index (χ1) is 7.00. The predicted molar refractivity (Wildman–Crippen MR) is 64.2 cm³/mol. The number of hydrogen-bond acceptors (Lipinski definition) is 3. The molecule has 0 radical (unpaired) electrons. The van der Waals surface area contributed by atoms with E-state index in [-0.39, 0.29) is 5.92 Å². The van der Waals surface area contributed by atoms with E-state index < -0.39 is 0 Å². The minimum atomic E-state index is 0.190. The van der Waals surface area contributed by atoms with Crippen molar-refractivity contribution in [3.05, 3.63) is 0 Å². The normalized spacial score (nSPS) is 21.9. The van der Waals surface area contributed by atoms with E-state index in [2.05, 4.69) is 23.6 Å². The number of amidine groups is 1. The molecule has 88 valence electrons. The van der Waals surface area contributed by atoms with Crippen LogP contribution in [0.1, 0.15) is 20.8 Å². The van der Waals surface area contributed by atoms with E-state index in [9.17, 15) is 0 Å². The van der Waals surface area contributed by atoms with E-state index in [0.29, 0.717) is 11.9 Å². The Hall–Kier alpha value is -0.610. The van der Waals surface area contributed by atoms with Crippen LogP contribution in [0, 0.1) is 11.3 Å². The van der Waals surface area contributed by atoms with E-state index in [1.165, 1.54) is 0 Å². The van der Waals surface area contributed by atoms with Gasteiger partial charge in [-0.25, -0.2) is 0 Å². The molecule has 0 bridgehead atoms. The maximum Gasteiger partial charge on any atom is 0.0947 e. The lowest BCUT2D eigenvalue weighted by Crippen LogP contribution is -2.50. The largest absolute Gasteiger partial charge is 0.387 e. The molecule has 0 spiro atoms. The van der Waals surface area contributed by atoms with Crippen molar-refractivity contribution in [1.82, 2.24) is 9.80 Å². The van der Waals surface area contributed by atoms with Crippen molar-refractivity contribution in [2.24, 2.45) is 11.7 Å². The fourth-order valence-electron chi connectivity index (χ4n) is 1.95. The van der Waals surface area contributed by atoms with Crippen LogP contribution in [-0.2, 0) is 0 Å². The molecule has 1 heterocycles. The van der Waals surface area contributed by atoms with Gasteiger partial charge < -0.3 is 10.6 Å². The Morgan fingerprint density at radius 1 is 1.20 bits per heavy atom. The van der Waals surface area contributed by atoms with Crippen molar-refractivity contribution < 1.29 is 0 Å². The summed E-state index contributed by atoms with van der Waals surface area (Å²) < 4.78 is 0. The lowest BCUT2D eigenvalue weighted by atomic mass is 10.1. The first-order valence-electron chi connectivity index (χ1n) is 5.81. The standard InChI is InChI=1S/C11H24N4/c1-9(2)15-6-4-14(5-7-15)8-10(3)11(12)13/h9-10H,4-8H2,1-3H3,(H3,12,13). The Morgan fingerprint density at radius 3 is 2.13 bits per heavy atom. The van der Waals surface area contributed by atoms with Gasteiger partial charge in [-0.15, -0.1) is 0 Å². The molecule has 1 saturated heterocycles. The molecule has 0 aromatic heterocycles. The molecule has 3 N–H and O–H groups in total. The summed E-state index contributed by atoms with van der Waals surface area (Å²) in [5.74, 6) is 0.497. The average Bonchev–Trinajstić information content (AvgIpc) is 2.18. The summed E-state index contributed by atoms with van der Waals surface area (Å²) in [5, 5.41) is 7.37. The van der Waals surface area contributed by atoms with E-state index in [1.54, 1.807) is 0 Å². The molecule has 15 heavy (non-hydrogen) atoms. The summed E-state index contributed by atoms with van der Waals surface area (Å²) in [6.45, 7) is 11.9. The highest BCUT2D eigenvalue weighted by Crippen LogP contribution is 2.07. The minimum Gasteiger partial charge on any atom is -0.387 e. The Kier molecular flexibility index (Phi) is 4.54. The summed E-state index contributed by atoms with van der Waals surface area (Å²) in [6, 6.07) is 0.650. The van der Waals surface area contributed by atoms with Gasteiger partial charge in [-0.1, -0.05) is 6.92 Å². The van der Waals surface area contributed by atoms with Gasteiger partial charge in [-0.05, 0) is 13.8 Å². The number of piperazine rings is 1. The third-order valence-corrected chi connectivity index (χ3v) is 3.20. The molecule has 0 saturated carbocycles. The quantitative estimate of drug-likeness (QED) is 0.529. The maximum absolute atomic E-state index is 7.37. The molecule has 1 aliphatic heterocycles. The first-order valence-corrected chi connectivity index (χ1v) is 5.81. The van der Waals surface area contributed by atoms with E-state index in [1.807, 2.05) is 6.92 Å². The zero-order chi connectivity index (χ0) is 11.4. The highest BCUT2D eigenvalue weighted by atomic mass is 15.3. The van der Waals surface area contributed by atoms with Crippen molar-refractivity contribution in [3.8, 4) is 0 Å². The van der Waals surface area contributed by atoms with Crippen LogP contribution in [0.5, 0.6) is 0 Å². The van der Waals surface area contributed by atoms with Crippen LogP contribution in [0.3, 0.4) is 0 Å². The van der Waals surface area contributed by atoms with Gasteiger partial charge in [0.1, 0.15) is 0 Å². The zero-order valence-electron chi connectivity index (χ0n) is 10.2. The molecular formula is C11H24N4. The topological polar surface area (TPSA) is 56.4 Å². The second-order valence-corrected chi connectivity index (χ2v) is 4.79. The van der Waals surface area contributed by atoms with Crippen LogP contribution in [0.15, 0.2) is 0 Å². The molecular weight excluding hydrogens is 188 g/mol. The van der Waals surface area contributed by atoms with Crippen LogP contribution in [0.25, 0.3) is 0 Å². The summed E-state index contributed by atoms with van der Waals surface area (Å²) in [7, 11) is 0. The molecule has 4 heteroatoms. The lowest BCUT2D eigenvalue weighted by molar-refractivity contribution is 0.104. The molecule has 1 unspecified atom stereocenters. The third kappa shape index (κ3) is 3.80. The number of hydrogen-bond donors (Lipinski definition) is 2. The van der Waals surface area contributed by atoms with E-state index in [4.69, 9.17) is 11.1 Å². The van der Waals surface area contributed by atoms with Crippen molar-refractivity contribution in [1.29, 1.82) is 5.41 Å². The van der Waals surface area contributed by atoms with Gasteiger partial charge in [-0.2, -0.15) is 0 Å². The SMILES string of the molecule is CC(CN1CCN(C(C)C)CC1)C(=N)N. The molecule has 1 aliphatic rings. The van der Waals surface area contributed by atoms with Crippen LogP contribution < -0.4 is 5.73 Å². The van der Waals surface area contributed by atoms with Crippen LogP contribution >= 0.6 is 0 Å².